The number of halogens is 1. The molecule has 0 aliphatic carbocycles. The number of nitrogens with one attached hydrogen (secondary N) is 1. The number of rotatable bonds is 1. The van der Waals surface area contributed by atoms with Crippen LogP contribution in [0.2, 0.25) is 5.02 Å². The Morgan fingerprint density at radius 3 is 2.92 bits per heavy atom. The second-order valence-electron chi connectivity index (χ2n) is 5.92. The van der Waals surface area contributed by atoms with Gasteiger partial charge >= 0.3 is 0 Å². The second kappa shape index (κ2) is 4.85. The molecule has 5 rings (SSSR count). The number of anilines is 1. The first-order chi connectivity index (χ1) is 11.7. The number of nitrogens with zero attached hydrogens (tertiary/aromatic N) is 3. The van der Waals surface area contributed by atoms with Gasteiger partial charge < -0.3 is 9.55 Å². The number of amides is 1. The predicted molar refractivity (Wildman–Crippen MR) is 94.7 cm³/mol. The first kappa shape index (κ1) is 13.6. The third kappa shape index (κ3) is 1.88. The molecule has 5 nitrogen and oxygen atoms in total. The van der Waals surface area contributed by atoms with Gasteiger partial charge in [0.05, 0.1) is 11.0 Å². The van der Waals surface area contributed by atoms with E-state index < -0.39 is 0 Å². The Balaban J connectivity index is 1.58. The van der Waals surface area contributed by atoms with Crippen molar-refractivity contribution in [3.05, 3.63) is 59.2 Å². The van der Waals surface area contributed by atoms with Crippen LogP contribution in [-0.4, -0.2) is 27.0 Å². The van der Waals surface area contributed by atoms with Crippen LogP contribution < -0.4 is 4.90 Å². The normalized spacial score (nSPS) is 13.8. The van der Waals surface area contributed by atoms with Crippen molar-refractivity contribution in [1.82, 2.24) is 14.5 Å². The molecule has 0 saturated carbocycles. The van der Waals surface area contributed by atoms with Gasteiger partial charge in [-0.3, -0.25) is 9.69 Å². The van der Waals surface area contributed by atoms with Gasteiger partial charge in [-0.15, -0.1) is 0 Å². The van der Waals surface area contributed by atoms with Gasteiger partial charge in [0.1, 0.15) is 5.69 Å². The summed E-state index contributed by atoms with van der Waals surface area (Å²) in [5.41, 5.74) is 3.42. The number of aromatic amines is 1. The Morgan fingerprint density at radius 1 is 1.12 bits per heavy atom. The van der Waals surface area contributed by atoms with Crippen molar-refractivity contribution in [1.29, 1.82) is 0 Å². The van der Waals surface area contributed by atoms with Crippen LogP contribution in [0.4, 0.5) is 5.95 Å². The number of imidazole rings is 1. The van der Waals surface area contributed by atoms with Crippen LogP contribution in [-0.2, 0) is 6.54 Å². The molecule has 1 amide bonds. The summed E-state index contributed by atoms with van der Waals surface area (Å²) in [6.45, 7) is 1.38. The van der Waals surface area contributed by atoms with Crippen molar-refractivity contribution in [2.75, 3.05) is 11.4 Å². The number of hydrogen-bond donors (Lipinski definition) is 1. The molecule has 3 heterocycles. The lowest BCUT2D eigenvalue weighted by atomic mass is 10.2. The number of para-hydroxylation sites is 2. The lowest BCUT2D eigenvalue weighted by molar-refractivity contribution is 0.0985. The van der Waals surface area contributed by atoms with Crippen molar-refractivity contribution >= 4 is 45.4 Å². The fraction of sp³-hybridized carbons (Fsp3) is 0.111. The molecular weight excluding hydrogens is 324 g/mol. The highest BCUT2D eigenvalue weighted by atomic mass is 35.5. The van der Waals surface area contributed by atoms with Crippen LogP contribution in [0.25, 0.3) is 21.9 Å². The molecule has 2 aromatic heterocycles. The molecule has 6 heteroatoms. The number of carbonyl (C=O) groups is 1. The molecule has 118 valence electrons. The molecule has 2 aromatic carbocycles. The van der Waals surface area contributed by atoms with Crippen molar-refractivity contribution in [2.45, 2.75) is 6.54 Å². The first-order valence-corrected chi connectivity index (χ1v) is 8.14. The summed E-state index contributed by atoms with van der Waals surface area (Å²) in [7, 11) is 0. The highest BCUT2D eigenvalue weighted by Gasteiger charge is 2.29. The molecule has 1 aliphatic rings. The number of hydrogen-bond acceptors (Lipinski definition) is 2. The van der Waals surface area contributed by atoms with Crippen LogP contribution in [0.5, 0.6) is 0 Å². The zero-order valence-corrected chi connectivity index (χ0v) is 13.4. The molecular formula is C18H13ClN4O. The lowest BCUT2D eigenvalue weighted by Gasteiger charge is -2.12. The monoisotopic (exact) mass is 336 g/mol. The topological polar surface area (TPSA) is 53.9 Å². The van der Waals surface area contributed by atoms with Gasteiger partial charge in [-0.2, -0.15) is 0 Å². The Labute approximate surface area is 142 Å². The van der Waals surface area contributed by atoms with Gasteiger partial charge in [0.2, 0.25) is 5.95 Å². The third-order valence-electron chi connectivity index (χ3n) is 4.48. The molecule has 0 unspecified atom stereocenters. The Bertz CT molecular complexity index is 1110. The molecule has 24 heavy (non-hydrogen) atoms. The van der Waals surface area contributed by atoms with E-state index >= 15 is 0 Å². The molecule has 0 fully saturated rings. The minimum atomic E-state index is -0.0728. The second-order valence-corrected chi connectivity index (χ2v) is 6.36. The summed E-state index contributed by atoms with van der Waals surface area (Å²) in [5, 5.41) is 1.59. The lowest BCUT2D eigenvalue weighted by Crippen LogP contribution is -2.29. The summed E-state index contributed by atoms with van der Waals surface area (Å²) in [6.07, 6.45) is 0. The summed E-state index contributed by atoms with van der Waals surface area (Å²) in [6, 6.07) is 15.3. The van der Waals surface area contributed by atoms with Gasteiger partial charge in [-0.1, -0.05) is 23.7 Å². The van der Waals surface area contributed by atoms with Gasteiger partial charge in [-0.05, 0) is 36.4 Å². The largest absolute Gasteiger partial charge is 0.351 e. The van der Waals surface area contributed by atoms with Crippen molar-refractivity contribution < 1.29 is 4.79 Å². The van der Waals surface area contributed by atoms with E-state index in [-0.39, 0.29) is 5.91 Å². The Hall–Kier alpha value is -2.79. The van der Waals surface area contributed by atoms with E-state index in [1.54, 1.807) is 4.90 Å². The molecule has 4 aromatic rings. The number of H-pyrrole nitrogens is 1. The number of fused-ring (bicyclic) bond motifs is 4. The smallest absolute Gasteiger partial charge is 0.277 e. The summed E-state index contributed by atoms with van der Waals surface area (Å²) in [4.78, 5) is 22.5. The molecule has 1 N–H and O–H groups in total. The van der Waals surface area contributed by atoms with E-state index in [0.717, 1.165) is 28.5 Å². The number of carbonyl (C=O) groups excluding carboxylic acids is 1. The van der Waals surface area contributed by atoms with Gasteiger partial charge in [0, 0.05) is 29.0 Å². The Kier molecular flexibility index (Phi) is 2.76. The zero-order valence-electron chi connectivity index (χ0n) is 12.7. The minimum absolute atomic E-state index is 0.0728. The van der Waals surface area contributed by atoms with Crippen molar-refractivity contribution in [2.24, 2.45) is 0 Å². The van der Waals surface area contributed by atoms with Gasteiger partial charge in [-0.25, -0.2) is 4.98 Å². The molecule has 0 atom stereocenters. The average molecular weight is 337 g/mol. The van der Waals surface area contributed by atoms with E-state index in [4.69, 9.17) is 11.6 Å². The number of benzene rings is 2. The fourth-order valence-electron chi connectivity index (χ4n) is 3.35. The van der Waals surface area contributed by atoms with E-state index in [1.807, 2.05) is 48.5 Å². The van der Waals surface area contributed by atoms with E-state index in [1.165, 1.54) is 0 Å². The predicted octanol–water partition coefficient (Wildman–Crippen LogP) is 3.83. The summed E-state index contributed by atoms with van der Waals surface area (Å²) < 4.78 is 2.09. The van der Waals surface area contributed by atoms with Gasteiger partial charge in [0.15, 0.2) is 0 Å². The first-order valence-electron chi connectivity index (χ1n) is 7.76. The van der Waals surface area contributed by atoms with Crippen LogP contribution in [0, 0.1) is 0 Å². The van der Waals surface area contributed by atoms with Crippen molar-refractivity contribution in [3.8, 4) is 0 Å². The maximum absolute atomic E-state index is 12.9. The highest BCUT2D eigenvalue weighted by Crippen LogP contribution is 2.29. The average Bonchev–Trinajstić information content (AvgIpc) is 3.26. The van der Waals surface area contributed by atoms with Crippen LogP contribution >= 0.6 is 11.6 Å². The highest BCUT2D eigenvalue weighted by molar-refractivity contribution is 6.31. The quantitative estimate of drug-likeness (QED) is 0.574. The molecule has 0 radical (unpaired) electrons. The maximum atomic E-state index is 12.9. The maximum Gasteiger partial charge on any atom is 0.277 e. The molecule has 1 aliphatic heterocycles. The zero-order chi connectivity index (χ0) is 16.3. The minimum Gasteiger partial charge on any atom is -0.351 e. The fourth-order valence-corrected chi connectivity index (χ4v) is 3.53. The SMILES string of the molecule is O=C(c1cc2cc(Cl)ccc2[nH]1)N1CCn2c1nc1ccccc12. The van der Waals surface area contributed by atoms with E-state index in [2.05, 4.69) is 14.5 Å². The van der Waals surface area contributed by atoms with Crippen LogP contribution in [0.3, 0.4) is 0 Å². The number of aromatic nitrogens is 3. The van der Waals surface area contributed by atoms with E-state index in [0.29, 0.717) is 23.2 Å². The molecule has 0 spiro atoms. The summed E-state index contributed by atoms with van der Waals surface area (Å²) >= 11 is 6.02. The molecule has 0 bridgehead atoms. The standard InChI is InChI=1S/C18H13ClN4O/c19-12-5-6-13-11(9-12)10-15(20-13)17(24)23-8-7-22-16-4-2-1-3-14(16)21-18(22)23/h1-6,9-10,20H,7-8H2. The van der Waals surface area contributed by atoms with E-state index in [9.17, 15) is 4.79 Å². The van der Waals surface area contributed by atoms with Crippen molar-refractivity contribution in [3.63, 3.8) is 0 Å². The Morgan fingerprint density at radius 2 is 2.00 bits per heavy atom. The summed E-state index contributed by atoms with van der Waals surface area (Å²) in [5.74, 6) is 0.634. The third-order valence-corrected chi connectivity index (χ3v) is 4.72. The van der Waals surface area contributed by atoms with Crippen LogP contribution in [0.1, 0.15) is 10.5 Å². The van der Waals surface area contributed by atoms with Crippen LogP contribution in [0.15, 0.2) is 48.5 Å². The van der Waals surface area contributed by atoms with Gasteiger partial charge in [0.25, 0.3) is 5.91 Å². The molecule has 0 saturated heterocycles.